The van der Waals surface area contributed by atoms with E-state index in [0.29, 0.717) is 12.5 Å². The van der Waals surface area contributed by atoms with Crippen molar-refractivity contribution in [1.82, 2.24) is 9.97 Å². The molecule has 1 aromatic rings. The van der Waals surface area contributed by atoms with E-state index in [9.17, 15) is 4.79 Å². The van der Waals surface area contributed by atoms with Gasteiger partial charge in [-0.1, -0.05) is 0 Å². The van der Waals surface area contributed by atoms with Gasteiger partial charge >= 0.3 is 5.97 Å². The van der Waals surface area contributed by atoms with Crippen molar-refractivity contribution in [1.29, 1.82) is 0 Å². The van der Waals surface area contributed by atoms with Crippen LogP contribution in [0.5, 0.6) is 0 Å². The predicted octanol–water partition coefficient (Wildman–Crippen LogP) is 1.47. The number of aromatic nitrogens is 2. The largest absolute Gasteiger partial charge is 0.469 e. The van der Waals surface area contributed by atoms with Gasteiger partial charge in [0.05, 0.1) is 13.0 Å². The van der Waals surface area contributed by atoms with Gasteiger partial charge in [0.25, 0.3) is 0 Å². The second-order valence-corrected chi connectivity index (χ2v) is 5.26. The van der Waals surface area contributed by atoms with Crippen molar-refractivity contribution >= 4 is 34.5 Å². The van der Waals surface area contributed by atoms with Gasteiger partial charge < -0.3 is 9.64 Å². The van der Waals surface area contributed by atoms with Crippen LogP contribution in [0.25, 0.3) is 0 Å². The van der Waals surface area contributed by atoms with Gasteiger partial charge in [-0.3, -0.25) is 4.79 Å². The van der Waals surface area contributed by atoms with E-state index in [2.05, 4.69) is 32.6 Å². The first-order valence-corrected chi connectivity index (χ1v) is 6.59. The molecule has 0 aromatic carbocycles. The number of halogens is 1. The lowest BCUT2D eigenvalue weighted by Crippen LogP contribution is -2.40. The summed E-state index contributed by atoms with van der Waals surface area (Å²) in [5.41, 5.74) is 0. The maximum atomic E-state index is 11.5. The second kappa shape index (κ2) is 5.61. The Hall–Kier alpha value is -0.920. The normalized spacial score (nSPS) is 20.1. The fourth-order valence-electron chi connectivity index (χ4n) is 1.99. The Labute approximate surface area is 114 Å². The number of methoxy groups -OCH3 is 1. The van der Waals surface area contributed by atoms with Crippen molar-refractivity contribution in [2.45, 2.75) is 12.8 Å². The van der Waals surface area contributed by atoms with Crippen LogP contribution in [0.1, 0.15) is 12.8 Å². The molecule has 0 spiro atoms. The molecule has 1 fully saturated rings. The van der Waals surface area contributed by atoms with Gasteiger partial charge in [-0.2, -0.15) is 0 Å². The summed E-state index contributed by atoms with van der Waals surface area (Å²) in [6.45, 7) is 1.54. The van der Waals surface area contributed by atoms with Crippen LogP contribution in [0, 0.1) is 9.49 Å². The molecule has 1 aliphatic heterocycles. The van der Waals surface area contributed by atoms with E-state index in [1.54, 1.807) is 12.4 Å². The number of piperidine rings is 1. The highest BCUT2D eigenvalue weighted by atomic mass is 127. The summed E-state index contributed by atoms with van der Waals surface area (Å²) < 4.78 is 5.79. The summed E-state index contributed by atoms with van der Waals surface area (Å²) >= 11 is 2.17. The Balaban J connectivity index is 2.06. The molecule has 0 radical (unpaired) electrons. The minimum absolute atomic E-state index is 0.0587. The zero-order valence-corrected chi connectivity index (χ0v) is 11.8. The van der Waals surface area contributed by atoms with Crippen LogP contribution in [0.3, 0.4) is 0 Å². The smallest absolute Gasteiger partial charge is 0.310 e. The summed E-state index contributed by atoms with van der Waals surface area (Å²) in [6, 6.07) is 0. The van der Waals surface area contributed by atoms with Crippen molar-refractivity contribution in [3.8, 4) is 0 Å². The lowest BCUT2D eigenvalue weighted by atomic mass is 9.98. The molecule has 0 N–H and O–H groups in total. The fraction of sp³-hybridized carbons (Fsp3) is 0.545. The third-order valence-electron chi connectivity index (χ3n) is 2.85. The fourth-order valence-corrected chi connectivity index (χ4v) is 2.27. The predicted molar refractivity (Wildman–Crippen MR) is 71.7 cm³/mol. The number of rotatable bonds is 2. The minimum Gasteiger partial charge on any atom is -0.469 e. The van der Waals surface area contributed by atoms with Crippen LogP contribution >= 0.6 is 22.6 Å². The van der Waals surface area contributed by atoms with E-state index in [1.807, 2.05) is 4.90 Å². The number of nitrogens with zero attached hydrogens (tertiary/aromatic N) is 3. The number of ether oxygens (including phenoxy) is 1. The van der Waals surface area contributed by atoms with E-state index < -0.39 is 0 Å². The molecule has 2 heterocycles. The Bertz CT molecular complexity index is 396. The Morgan fingerprint density at radius 1 is 1.53 bits per heavy atom. The third kappa shape index (κ3) is 3.05. The standard InChI is InChI=1S/C11H14IN3O2/c1-17-10(16)8-3-2-4-15(7-8)11-13-5-9(12)6-14-11/h5-6,8H,2-4,7H2,1H3. The molecule has 1 aromatic heterocycles. The lowest BCUT2D eigenvalue weighted by molar-refractivity contribution is -0.145. The average Bonchev–Trinajstić information content (AvgIpc) is 2.39. The first-order valence-electron chi connectivity index (χ1n) is 5.51. The quantitative estimate of drug-likeness (QED) is 0.599. The lowest BCUT2D eigenvalue weighted by Gasteiger charge is -2.31. The maximum absolute atomic E-state index is 11.5. The van der Waals surface area contributed by atoms with Crippen molar-refractivity contribution in [3.63, 3.8) is 0 Å². The maximum Gasteiger partial charge on any atom is 0.310 e. The van der Waals surface area contributed by atoms with Crippen molar-refractivity contribution < 1.29 is 9.53 Å². The number of carbonyl (C=O) groups excluding carboxylic acids is 1. The molecule has 0 amide bonds. The highest BCUT2D eigenvalue weighted by Gasteiger charge is 2.27. The molecule has 1 atom stereocenters. The molecule has 0 saturated carbocycles. The molecule has 1 saturated heterocycles. The first kappa shape index (κ1) is 12.5. The van der Waals surface area contributed by atoms with Crippen LogP contribution < -0.4 is 4.90 Å². The molecule has 6 heteroatoms. The first-order chi connectivity index (χ1) is 8.20. The van der Waals surface area contributed by atoms with Crippen LogP contribution in [0.2, 0.25) is 0 Å². The van der Waals surface area contributed by atoms with E-state index in [1.165, 1.54) is 7.11 Å². The van der Waals surface area contributed by atoms with Crippen LogP contribution in [-0.2, 0) is 9.53 Å². The summed E-state index contributed by atoms with van der Waals surface area (Å²) in [6.07, 6.45) is 5.41. The molecule has 5 nitrogen and oxygen atoms in total. The van der Waals surface area contributed by atoms with Crippen molar-refractivity contribution in [2.75, 3.05) is 25.1 Å². The van der Waals surface area contributed by atoms with Gasteiger partial charge in [-0.15, -0.1) is 0 Å². The number of esters is 1. The molecule has 2 rings (SSSR count). The molecule has 1 aliphatic rings. The third-order valence-corrected chi connectivity index (χ3v) is 3.40. The van der Waals surface area contributed by atoms with E-state index in [-0.39, 0.29) is 11.9 Å². The molecule has 92 valence electrons. The van der Waals surface area contributed by atoms with Crippen molar-refractivity contribution in [3.05, 3.63) is 16.0 Å². The SMILES string of the molecule is COC(=O)C1CCCN(c2ncc(I)cn2)C1. The Morgan fingerprint density at radius 3 is 2.88 bits per heavy atom. The molecular weight excluding hydrogens is 333 g/mol. The van der Waals surface area contributed by atoms with Gasteiger partial charge in [-0.05, 0) is 35.4 Å². The topological polar surface area (TPSA) is 55.3 Å². The zero-order valence-electron chi connectivity index (χ0n) is 9.60. The van der Waals surface area contributed by atoms with Crippen LogP contribution in [-0.4, -0.2) is 36.1 Å². The van der Waals surface area contributed by atoms with Crippen LogP contribution in [0.4, 0.5) is 5.95 Å². The highest BCUT2D eigenvalue weighted by Crippen LogP contribution is 2.21. The van der Waals surface area contributed by atoms with Gasteiger partial charge in [0.15, 0.2) is 0 Å². The van der Waals surface area contributed by atoms with E-state index in [0.717, 1.165) is 23.0 Å². The summed E-state index contributed by atoms with van der Waals surface area (Å²) in [4.78, 5) is 22.1. The van der Waals surface area contributed by atoms with Gasteiger partial charge in [-0.25, -0.2) is 9.97 Å². The zero-order chi connectivity index (χ0) is 12.3. The molecule has 1 unspecified atom stereocenters. The monoisotopic (exact) mass is 347 g/mol. The number of anilines is 1. The summed E-state index contributed by atoms with van der Waals surface area (Å²) in [5, 5.41) is 0. The number of carbonyl (C=O) groups is 1. The second-order valence-electron chi connectivity index (χ2n) is 4.01. The number of hydrogen-bond acceptors (Lipinski definition) is 5. The molecule has 0 aliphatic carbocycles. The average molecular weight is 347 g/mol. The molecular formula is C11H14IN3O2. The molecule has 0 bridgehead atoms. The Kier molecular flexibility index (Phi) is 4.14. The Morgan fingerprint density at radius 2 is 2.24 bits per heavy atom. The van der Waals surface area contributed by atoms with Crippen LogP contribution in [0.15, 0.2) is 12.4 Å². The number of hydrogen-bond donors (Lipinski definition) is 0. The summed E-state index contributed by atoms with van der Waals surface area (Å²) in [5.74, 6) is 0.496. The van der Waals surface area contributed by atoms with Gasteiger partial charge in [0, 0.05) is 29.1 Å². The summed E-state index contributed by atoms with van der Waals surface area (Å²) in [7, 11) is 1.43. The minimum atomic E-state index is -0.139. The van der Waals surface area contributed by atoms with Gasteiger partial charge in [0.1, 0.15) is 0 Å². The van der Waals surface area contributed by atoms with Crippen molar-refractivity contribution in [2.24, 2.45) is 5.92 Å². The van der Waals surface area contributed by atoms with Gasteiger partial charge in [0.2, 0.25) is 5.95 Å². The van der Waals surface area contributed by atoms with E-state index >= 15 is 0 Å². The highest BCUT2D eigenvalue weighted by molar-refractivity contribution is 14.1. The van der Waals surface area contributed by atoms with E-state index in [4.69, 9.17) is 4.74 Å². The molecule has 17 heavy (non-hydrogen) atoms.